The second-order valence-electron chi connectivity index (χ2n) is 8.94. The van der Waals surface area contributed by atoms with Crippen LogP contribution in [-0.4, -0.2) is 71.9 Å². The quantitative estimate of drug-likeness (QED) is 0.0820. The summed E-state index contributed by atoms with van der Waals surface area (Å²) in [5, 5.41) is 16.6. The number of carbonyl (C=O) groups excluding carboxylic acids is 5. The first kappa shape index (κ1) is 31.5. The van der Waals surface area contributed by atoms with E-state index in [1.165, 1.54) is 13.1 Å². The van der Waals surface area contributed by atoms with E-state index in [1.54, 1.807) is 32.0 Å². The number of aromatic amines is 1. The number of benzene rings is 1. The van der Waals surface area contributed by atoms with Crippen LogP contribution in [0.3, 0.4) is 0 Å². The molecule has 13 nitrogen and oxygen atoms in total. The molecule has 0 fully saturated rings. The Morgan fingerprint density at radius 2 is 1.85 bits per heavy atom. The Morgan fingerprint density at radius 1 is 1.12 bits per heavy atom. The van der Waals surface area contributed by atoms with E-state index in [2.05, 4.69) is 20.9 Å². The van der Waals surface area contributed by atoms with Gasteiger partial charge >= 0.3 is 12.1 Å². The number of aromatic nitrogens is 1. The Kier molecular flexibility index (Phi) is 11.9. The largest absolute Gasteiger partial charge is 0.426 e. The zero-order valence-electron chi connectivity index (χ0n) is 23.3. The lowest BCUT2D eigenvalue weighted by molar-refractivity contribution is -0.154. The van der Waals surface area contributed by atoms with Gasteiger partial charge in [-0.1, -0.05) is 19.9 Å². The maximum absolute atomic E-state index is 13.3. The number of amides is 4. The number of ether oxygens (including phenoxy) is 2. The number of H-pyrrole nitrogens is 1. The third-order valence-corrected chi connectivity index (χ3v) is 5.88. The van der Waals surface area contributed by atoms with Gasteiger partial charge in [0.1, 0.15) is 11.9 Å². The van der Waals surface area contributed by atoms with Crippen molar-refractivity contribution in [2.45, 2.75) is 53.5 Å². The lowest BCUT2D eigenvalue weighted by Gasteiger charge is -2.20. The van der Waals surface area contributed by atoms with Crippen LogP contribution in [0.4, 0.5) is 10.5 Å². The zero-order chi connectivity index (χ0) is 29.8. The molecule has 13 heteroatoms. The molecule has 0 aliphatic carbocycles. The van der Waals surface area contributed by atoms with Gasteiger partial charge in [0.25, 0.3) is 11.8 Å². The van der Waals surface area contributed by atoms with Crippen LogP contribution in [0.25, 0.3) is 0 Å². The predicted octanol–water partition coefficient (Wildman–Crippen LogP) is 2.83. The molecule has 0 saturated heterocycles. The minimum atomic E-state index is -1.01. The van der Waals surface area contributed by atoms with Crippen LogP contribution in [-0.2, 0) is 19.1 Å². The van der Waals surface area contributed by atoms with E-state index >= 15 is 0 Å². The summed E-state index contributed by atoms with van der Waals surface area (Å²) in [6, 6.07) is 4.20. The fourth-order valence-corrected chi connectivity index (χ4v) is 3.57. The van der Waals surface area contributed by atoms with Crippen LogP contribution in [0.2, 0.25) is 0 Å². The SMILES string of the molecule is CCCNC(=O)c1ccc(C)c(NC(=N)c2[nH]cc(C(=O)N(CCC)C(=O)OCOC(=O)C(C)NC=O)c2C)c1. The molecule has 216 valence electrons. The maximum atomic E-state index is 13.3. The predicted molar refractivity (Wildman–Crippen MR) is 147 cm³/mol. The number of anilines is 1. The molecule has 2 rings (SSSR count). The van der Waals surface area contributed by atoms with Crippen molar-refractivity contribution < 1.29 is 33.4 Å². The van der Waals surface area contributed by atoms with E-state index in [4.69, 9.17) is 14.9 Å². The van der Waals surface area contributed by atoms with Crippen molar-refractivity contribution in [3.63, 3.8) is 0 Å². The van der Waals surface area contributed by atoms with Gasteiger partial charge in [-0.15, -0.1) is 0 Å². The molecule has 1 aromatic carbocycles. The van der Waals surface area contributed by atoms with Gasteiger partial charge in [0.05, 0.1) is 11.3 Å². The summed E-state index contributed by atoms with van der Waals surface area (Å²) in [6.07, 6.45) is 1.97. The summed E-state index contributed by atoms with van der Waals surface area (Å²) < 4.78 is 9.75. The van der Waals surface area contributed by atoms with Crippen LogP contribution in [0, 0.1) is 19.3 Å². The van der Waals surface area contributed by atoms with E-state index in [-0.39, 0.29) is 23.9 Å². The van der Waals surface area contributed by atoms with Gasteiger partial charge < -0.3 is 30.4 Å². The summed E-state index contributed by atoms with van der Waals surface area (Å²) in [6.45, 7) is 8.45. The molecule has 0 aliphatic rings. The molecule has 0 spiro atoms. The third-order valence-electron chi connectivity index (χ3n) is 5.88. The molecule has 1 unspecified atom stereocenters. The lowest BCUT2D eigenvalue weighted by atomic mass is 10.1. The van der Waals surface area contributed by atoms with Gasteiger partial charge in [-0.25, -0.2) is 14.5 Å². The van der Waals surface area contributed by atoms with Gasteiger partial charge in [0.2, 0.25) is 13.2 Å². The standard InChI is InChI=1S/C27H36N6O7/c1-6-10-29-24(35)19-9-8-16(3)21(12-19)32-23(28)22-17(4)20(13-30-22)25(36)33(11-7-2)27(38)40-15-39-26(37)18(5)31-14-34/h8-9,12-14,18,30H,6-7,10-11,15H2,1-5H3,(H2,28,32)(H,29,35)(H,31,34). The number of amidine groups is 1. The molecule has 0 bridgehead atoms. The van der Waals surface area contributed by atoms with Gasteiger partial charge in [-0.2, -0.15) is 0 Å². The monoisotopic (exact) mass is 556 g/mol. The number of rotatable bonds is 13. The second-order valence-corrected chi connectivity index (χ2v) is 8.94. The van der Waals surface area contributed by atoms with Crippen LogP contribution in [0.1, 0.15) is 71.1 Å². The lowest BCUT2D eigenvalue weighted by Crippen LogP contribution is -2.39. The van der Waals surface area contributed by atoms with Crippen LogP contribution in [0.5, 0.6) is 0 Å². The molecule has 0 aliphatic heterocycles. The highest BCUT2D eigenvalue weighted by Gasteiger charge is 2.28. The number of carbonyl (C=O) groups is 5. The third kappa shape index (κ3) is 8.16. The Balaban J connectivity index is 2.14. The van der Waals surface area contributed by atoms with Gasteiger partial charge in [-0.3, -0.25) is 19.8 Å². The number of nitrogens with zero attached hydrogens (tertiary/aromatic N) is 1. The number of esters is 1. The number of aryl methyl sites for hydroxylation is 1. The summed E-state index contributed by atoms with van der Waals surface area (Å²) in [5.74, 6) is -1.73. The fraction of sp³-hybridized carbons (Fsp3) is 0.407. The summed E-state index contributed by atoms with van der Waals surface area (Å²) >= 11 is 0. The van der Waals surface area contributed by atoms with E-state index in [0.717, 1.165) is 16.9 Å². The van der Waals surface area contributed by atoms with Crippen molar-refractivity contribution in [2.75, 3.05) is 25.2 Å². The van der Waals surface area contributed by atoms with E-state index < -0.39 is 30.8 Å². The molecule has 4 amide bonds. The van der Waals surface area contributed by atoms with E-state index in [1.807, 2.05) is 13.8 Å². The van der Waals surface area contributed by atoms with E-state index in [9.17, 15) is 24.0 Å². The number of hydrogen-bond donors (Lipinski definition) is 5. The second kappa shape index (κ2) is 15.0. The Hall–Kier alpha value is -4.68. The molecule has 1 atom stereocenters. The van der Waals surface area contributed by atoms with Gasteiger partial charge in [-0.05, 0) is 56.9 Å². The first-order valence-electron chi connectivity index (χ1n) is 12.8. The summed E-state index contributed by atoms with van der Waals surface area (Å²) in [7, 11) is 0. The molecule has 1 heterocycles. The molecule has 1 aromatic heterocycles. The molecule has 5 N–H and O–H groups in total. The van der Waals surface area contributed by atoms with Gasteiger partial charge in [0, 0.05) is 30.5 Å². The number of imide groups is 1. The van der Waals surface area contributed by atoms with Crippen molar-refractivity contribution in [2.24, 2.45) is 0 Å². The van der Waals surface area contributed by atoms with Crippen LogP contribution >= 0.6 is 0 Å². The Morgan fingerprint density at radius 3 is 2.50 bits per heavy atom. The summed E-state index contributed by atoms with van der Waals surface area (Å²) in [5.41, 5.74) is 2.70. The topological polar surface area (TPSA) is 183 Å². The highest BCUT2D eigenvalue weighted by molar-refractivity contribution is 6.10. The molecule has 0 radical (unpaired) electrons. The first-order chi connectivity index (χ1) is 19.0. The molecular weight excluding hydrogens is 520 g/mol. The Bertz CT molecular complexity index is 1260. The van der Waals surface area contributed by atoms with Crippen molar-refractivity contribution in [3.8, 4) is 0 Å². The number of nitrogens with one attached hydrogen (secondary N) is 5. The smallest absolute Gasteiger partial charge is 0.419 e. The minimum absolute atomic E-state index is 0.0381. The maximum Gasteiger partial charge on any atom is 0.419 e. The van der Waals surface area contributed by atoms with Crippen molar-refractivity contribution >= 4 is 41.8 Å². The van der Waals surface area contributed by atoms with Crippen LogP contribution < -0.4 is 16.0 Å². The van der Waals surface area contributed by atoms with Crippen molar-refractivity contribution in [1.82, 2.24) is 20.5 Å². The Labute approximate surface area is 232 Å². The normalized spacial score (nSPS) is 11.1. The van der Waals surface area contributed by atoms with Crippen molar-refractivity contribution in [3.05, 3.63) is 52.3 Å². The summed E-state index contributed by atoms with van der Waals surface area (Å²) in [4.78, 5) is 64.2. The van der Waals surface area contributed by atoms with E-state index in [0.29, 0.717) is 41.9 Å². The van der Waals surface area contributed by atoms with Crippen molar-refractivity contribution in [1.29, 1.82) is 5.41 Å². The highest BCUT2D eigenvalue weighted by Crippen LogP contribution is 2.21. The molecule has 40 heavy (non-hydrogen) atoms. The molecular formula is C27H36N6O7. The zero-order valence-corrected chi connectivity index (χ0v) is 23.3. The van der Waals surface area contributed by atoms with Crippen LogP contribution in [0.15, 0.2) is 24.4 Å². The minimum Gasteiger partial charge on any atom is -0.426 e. The molecule has 2 aromatic rings. The molecule has 0 saturated carbocycles. The number of hydrogen-bond acceptors (Lipinski definition) is 8. The fourth-order valence-electron chi connectivity index (χ4n) is 3.57. The first-order valence-corrected chi connectivity index (χ1v) is 12.8. The average Bonchev–Trinajstić information content (AvgIpc) is 3.32. The average molecular weight is 557 g/mol. The highest BCUT2D eigenvalue weighted by atomic mass is 16.7. The van der Waals surface area contributed by atoms with Gasteiger partial charge in [0.15, 0.2) is 0 Å².